The number of rotatable bonds is 11. The van der Waals surface area contributed by atoms with Gasteiger partial charge in [-0.2, -0.15) is 0 Å². The Balaban J connectivity index is 1.49. The van der Waals surface area contributed by atoms with Gasteiger partial charge in [0.2, 0.25) is 0 Å². The number of ether oxygens (including phenoxy) is 4. The fourth-order valence-electron chi connectivity index (χ4n) is 5.41. The molecule has 212 valence electrons. The average Bonchev–Trinajstić information content (AvgIpc) is 3.66. The second-order valence-corrected chi connectivity index (χ2v) is 11.3. The third-order valence-corrected chi connectivity index (χ3v) is 8.47. The molecule has 3 aliphatic rings. The van der Waals surface area contributed by atoms with E-state index in [2.05, 4.69) is 22.5 Å². The normalized spacial score (nSPS) is 18.7. The van der Waals surface area contributed by atoms with Gasteiger partial charge in [0.15, 0.2) is 11.5 Å². The van der Waals surface area contributed by atoms with Gasteiger partial charge in [-0.3, -0.25) is 9.69 Å². The Morgan fingerprint density at radius 1 is 1.15 bits per heavy atom. The van der Waals surface area contributed by atoms with Gasteiger partial charge >= 0.3 is 6.09 Å². The SMILES string of the molecule is C=CCOC(=O)N1C[C@@H]2CC(c3ccc(OC)cc3)=CN2C(=O)c2cc(OC)c(OCC3(CCCBr)CC3)cc21. The monoisotopic (exact) mass is 610 g/mol. The number of benzene rings is 2. The molecule has 8 nitrogen and oxygen atoms in total. The average molecular weight is 612 g/mol. The first-order valence-corrected chi connectivity index (χ1v) is 14.7. The molecule has 9 heteroatoms. The number of hydrogen-bond donors (Lipinski definition) is 0. The fraction of sp³-hybridized carbons (Fsp3) is 0.419. The minimum Gasteiger partial charge on any atom is -0.497 e. The zero-order valence-corrected chi connectivity index (χ0v) is 24.6. The van der Waals surface area contributed by atoms with Gasteiger partial charge in [0.05, 0.1) is 44.7 Å². The number of alkyl halides is 1. The van der Waals surface area contributed by atoms with E-state index >= 15 is 0 Å². The summed E-state index contributed by atoms with van der Waals surface area (Å²) in [6.45, 7) is 4.56. The van der Waals surface area contributed by atoms with Crippen LogP contribution in [0.15, 0.2) is 55.3 Å². The third kappa shape index (κ3) is 5.70. The zero-order valence-electron chi connectivity index (χ0n) is 23.0. The smallest absolute Gasteiger partial charge is 0.414 e. The van der Waals surface area contributed by atoms with Crippen molar-refractivity contribution in [3.8, 4) is 17.2 Å². The van der Waals surface area contributed by atoms with Gasteiger partial charge in [0.1, 0.15) is 12.4 Å². The molecule has 0 aromatic heterocycles. The van der Waals surface area contributed by atoms with Crippen LogP contribution in [0.25, 0.3) is 5.57 Å². The Labute approximate surface area is 243 Å². The molecule has 1 aliphatic carbocycles. The summed E-state index contributed by atoms with van der Waals surface area (Å²) in [7, 11) is 3.19. The number of carbonyl (C=O) groups excluding carboxylic acids is 2. The van der Waals surface area contributed by atoms with Crippen molar-refractivity contribution in [1.82, 2.24) is 4.90 Å². The lowest BCUT2D eigenvalue weighted by Crippen LogP contribution is -2.41. The van der Waals surface area contributed by atoms with Crippen molar-refractivity contribution in [2.24, 2.45) is 5.41 Å². The Morgan fingerprint density at radius 3 is 2.58 bits per heavy atom. The molecule has 2 heterocycles. The number of fused-ring (bicyclic) bond motifs is 2. The predicted octanol–water partition coefficient (Wildman–Crippen LogP) is 6.44. The number of carbonyl (C=O) groups is 2. The summed E-state index contributed by atoms with van der Waals surface area (Å²) in [5.41, 5.74) is 2.99. The minimum atomic E-state index is -0.541. The lowest BCUT2D eigenvalue weighted by Gasteiger charge is -2.26. The molecule has 2 aromatic carbocycles. The summed E-state index contributed by atoms with van der Waals surface area (Å²) in [6.07, 6.45) is 7.90. The highest BCUT2D eigenvalue weighted by molar-refractivity contribution is 9.09. The fourth-order valence-corrected chi connectivity index (χ4v) is 5.69. The number of methoxy groups -OCH3 is 2. The molecule has 1 saturated carbocycles. The molecule has 2 aliphatic heterocycles. The van der Waals surface area contributed by atoms with Crippen LogP contribution in [0.4, 0.5) is 10.5 Å². The van der Waals surface area contributed by atoms with E-state index in [1.54, 1.807) is 31.3 Å². The van der Waals surface area contributed by atoms with Crippen LogP contribution in [-0.4, -0.2) is 62.3 Å². The lowest BCUT2D eigenvalue weighted by atomic mass is 10.0. The van der Waals surface area contributed by atoms with Gasteiger partial charge in [-0.25, -0.2) is 4.79 Å². The molecule has 1 fully saturated rings. The number of anilines is 1. The van der Waals surface area contributed by atoms with E-state index in [4.69, 9.17) is 18.9 Å². The first-order chi connectivity index (χ1) is 19.4. The van der Waals surface area contributed by atoms with Crippen molar-refractivity contribution in [2.45, 2.75) is 38.1 Å². The first kappa shape index (κ1) is 28.1. The van der Waals surface area contributed by atoms with Crippen LogP contribution in [0, 0.1) is 5.41 Å². The number of halogens is 1. The Morgan fingerprint density at radius 2 is 1.93 bits per heavy atom. The summed E-state index contributed by atoms with van der Waals surface area (Å²) in [6, 6.07) is 10.9. The molecule has 1 atom stereocenters. The van der Waals surface area contributed by atoms with Crippen LogP contribution in [0.5, 0.6) is 17.2 Å². The van der Waals surface area contributed by atoms with Crippen molar-refractivity contribution in [1.29, 1.82) is 0 Å². The van der Waals surface area contributed by atoms with Crippen LogP contribution in [-0.2, 0) is 4.74 Å². The highest BCUT2D eigenvalue weighted by Crippen LogP contribution is 2.51. The van der Waals surface area contributed by atoms with E-state index in [0.29, 0.717) is 35.8 Å². The number of amides is 2. The quantitative estimate of drug-likeness (QED) is 0.215. The minimum absolute atomic E-state index is 0.0674. The van der Waals surface area contributed by atoms with Gasteiger partial charge in [-0.15, -0.1) is 0 Å². The topological polar surface area (TPSA) is 77.5 Å². The van der Waals surface area contributed by atoms with Gasteiger partial charge < -0.3 is 23.8 Å². The molecule has 5 rings (SSSR count). The molecule has 0 bridgehead atoms. The van der Waals surface area contributed by atoms with Gasteiger partial charge in [0, 0.05) is 23.0 Å². The molecule has 0 N–H and O–H groups in total. The summed E-state index contributed by atoms with van der Waals surface area (Å²) < 4.78 is 22.7. The third-order valence-electron chi connectivity index (χ3n) is 7.91. The van der Waals surface area contributed by atoms with E-state index in [-0.39, 0.29) is 30.5 Å². The Bertz CT molecular complexity index is 1300. The first-order valence-electron chi connectivity index (χ1n) is 13.6. The molecular weight excluding hydrogens is 576 g/mol. The number of hydrogen-bond acceptors (Lipinski definition) is 6. The second kappa shape index (κ2) is 12.0. The maximum absolute atomic E-state index is 14.0. The van der Waals surface area contributed by atoms with E-state index in [9.17, 15) is 9.59 Å². The molecule has 0 radical (unpaired) electrons. The molecule has 0 unspecified atom stereocenters. The second-order valence-electron chi connectivity index (χ2n) is 10.5. The molecule has 2 amide bonds. The summed E-state index contributed by atoms with van der Waals surface area (Å²) in [5, 5.41) is 0.965. The standard InChI is InChI=1S/C31H35BrN2O6/c1-4-14-39-30(36)34-19-23-15-22(21-6-8-24(37-2)9-7-21)18-33(23)29(35)25-16-27(38-3)28(17-26(25)34)40-20-31(11-12-31)10-5-13-32/h4,6-9,16-18,23H,1,5,10-15,19-20H2,2-3H3/t23-/m0/s1. The predicted molar refractivity (Wildman–Crippen MR) is 158 cm³/mol. The van der Waals surface area contributed by atoms with Gasteiger partial charge in [-0.05, 0) is 61.4 Å². The van der Waals surface area contributed by atoms with Crippen molar-refractivity contribution >= 4 is 39.2 Å². The molecule has 0 saturated heterocycles. The van der Waals surface area contributed by atoms with Crippen LogP contribution in [0.2, 0.25) is 0 Å². The highest BCUT2D eigenvalue weighted by atomic mass is 79.9. The largest absolute Gasteiger partial charge is 0.497 e. The van der Waals surface area contributed by atoms with Crippen LogP contribution < -0.4 is 19.1 Å². The number of nitrogens with zero attached hydrogens (tertiary/aromatic N) is 2. The summed E-state index contributed by atoms with van der Waals surface area (Å²) >= 11 is 3.52. The van der Waals surface area contributed by atoms with E-state index in [1.165, 1.54) is 11.0 Å². The zero-order chi connectivity index (χ0) is 28.3. The molecule has 40 heavy (non-hydrogen) atoms. The van der Waals surface area contributed by atoms with E-state index < -0.39 is 6.09 Å². The Hall–Kier alpha value is -3.46. The molecular formula is C31H35BrN2O6. The van der Waals surface area contributed by atoms with Crippen LogP contribution in [0.1, 0.15) is 48.0 Å². The van der Waals surface area contributed by atoms with Gasteiger partial charge in [0.25, 0.3) is 5.91 Å². The highest BCUT2D eigenvalue weighted by Gasteiger charge is 2.43. The maximum Gasteiger partial charge on any atom is 0.414 e. The van der Waals surface area contributed by atoms with Crippen LogP contribution >= 0.6 is 15.9 Å². The summed E-state index contributed by atoms with van der Waals surface area (Å²) in [5.74, 6) is 1.53. The molecule has 2 aromatic rings. The van der Waals surface area contributed by atoms with Crippen LogP contribution in [0.3, 0.4) is 0 Å². The van der Waals surface area contributed by atoms with Gasteiger partial charge in [-0.1, -0.05) is 40.7 Å². The summed E-state index contributed by atoms with van der Waals surface area (Å²) in [4.78, 5) is 30.5. The lowest BCUT2D eigenvalue weighted by molar-refractivity contribution is 0.0793. The Kier molecular flexibility index (Phi) is 8.40. The van der Waals surface area contributed by atoms with Crippen molar-refractivity contribution in [3.63, 3.8) is 0 Å². The van der Waals surface area contributed by atoms with E-state index in [0.717, 1.165) is 47.9 Å². The maximum atomic E-state index is 14.0. The van der Waals surface area contributed by atoms with Crippen molar-refractivity contribution in [2.75, 3.05) is 44.2 Å². The van der Waals surface area contributed by atoms with Crippen molar-refractivity contribution in [3.05, 3.63) is 66.4 Å². The van der Waals surface area contributed by atoms with Crippen molar-refractivity contribution < 1.29 is 28.5 Å². The molecule has 0 spiro atoms. The van der Waals surface area contributed by atoms with E-state index in [1.807, 2.05) is 30.5 Å².